The van der Waals surface area contributed by atoms with Crippen LogP contribution in [0.15, 0.2) is 18.2 Å². The van der Waals surface area contributed by atoms with E-state index in [9.17, 15) is 18.9 Å². The molecule has 1 rings (SSSR count). The molecule has 0 unspecified atom stereocenters. The molecule has 0 saturated carbocycles. The van der Waals surface area contributed by atoms with Crippen molar-refractivity contribution in [2.75, 3.05) is 5.33 Å². The van der Waals surface area contributed by atoms with Gasteiger partial charge in [0.15, 0.2) is 0 Å². The van der Waals surface area contributed by atoms with Gasteiger partial charge in [-0.3, -0.25) is 10.1 Å². The zero-order valence-corrected chi connectivity index (χ0v) is 10.3. The van der Waals surface area contributed by atoms with Crippen LogP contribution < -0.4 is 4.74 Å². The SMILES string of the molecule is O=[N+]([O-])c1cc(OC(F)F)ccc1CCCBr. The van der Waals surface area contributed by atoms with Crippen LogP contribution in [0, 0.1) is 10.1 Å². The van der Waals surface area contributed by atoms with Crippen LogP contribution >= 0.6 is 15.9 Å². The van der Waals surface area contributed by atoms with Crippen molar-refractivity contribution in [2.24, 2.45) is 0 Å². The molecule has 0 radical (unpaired) electrons. The van der Waals surface area contributed by atoms with Crippen LogP contribution in [-0.2, 0) is 6.42 Å². The second kappa shape index (κ2) is 6.48. The second-order valence-electron chi connectivity index (χ2n) is 3.22. The Hall–Kier alpha value is -1.24. The molecule has 4 nitrogen and oxygen atoms in total. The molecule has 17 heavy (non-hydrogen) atoms. The first-order chi connectivity index (χ1) is 8.04. The number of hydrogen-bond donors (Lipinski definition) is 0. The van der Waals surface area contributed by atoms with E-state index in [2.05, 4.69) is 20.7 Å². The maximum absolute atomic E-state index is 12.0. The lowest BCUT2D eigenvalue weighted by Gasteiger charge is -2.06. The first kappa shape index (κ1) is 13.8. The lowest BCUT2D eigenvalue weighted by Crippen LogP contribution is -2.03. The third-order valence-electron chi connectivity index (χ3n) is 2.06. The van der Waals surface area contributed by atoms with E-state index >= 15 is 0 Å². The molecule has 0 atom stereocenters. The van der Waals surface area contributed by atoms with Gasteiger partial charge in [0.05, 0.1) is 11.0 Å². The summed E-state index contributed by atoms with van der Waals surface area (Å²) in [5, 5.41) is 11.5. The Labute approximate surface area is 105 Å². The number of ether oxygens (including phenoxy) is 1. The Morgan fingerprint density at radius 1 is 1.47 bits per heavy atom. The molecule has 94 valence electrons. The highest BCUT2D eigenvalue weighted by Gasteiger charge is 2.16. The van der Waals surface area contributed by atoms with E-state index in [0.29, 0.717) is 12.0 Å². The molecule has 0 amide bonds. The van der Waals surface area contributed by atoms with Gasteiger partial charge in [0, 0.05) is 10.9 Å². The van der Waals surface area contributed by atoms with Gasteiger partial charge in [-0.2, -0.15) is 8.78 Å². The van der Waals surface area contributed by atoms with E-state index in [1.54, 1.807) is 0 Å². The first-order valence-electron chi connectivity index (χ1n) is 4.82. The van der Waals surface area contributed by atoms with Crippen molar-refractivity contribution >= 4 is 21.6 Å². The summed E-state index contributed by atoms with van der Waals surface area (Å²) in [5.41, 5.74) is 0.320. The average Bonchev–Trinajstić information content (AvgIpc) is 2.26. The number of halogens is 3. The molecule has 0 aliphatic rings. The van der Waals surface area contributed by atoms with E-state index in [1.165, 1.54) is 12.1 Å². The van der Waals surface area contributed by atoms with Crippen LogP contribution in [0.3, 0.4) is 0 Å². The highest BCUT2D eigenvalue weighted by atomic mass is 79.9. The van der Waals surface area contributed by atoms with Crippen molar-refractivity contribution in [1.29, 1.82) is 0 Å². The molecule has 0 aromatic heterocycles. The summed E-state index contributed by atoms with van der Waals surface area (Å²) in [6, 6.07) is 3.77. The summed E-state index contributed by atoms with van der Waals surface area (Å²) < 4.78 is 28.0. The van der Waals surface area contributed by atoms with Crippen molar-refractivity contribution in [2.45, 2.75) is 19.5 Å². The maximum atomic E-state index is 12.0. The van der Waals surface area contributed by atoms with Crippen molar-refractivity contribution in [3.05, 3.63) is 33.9 Å². The van der Waals surface area contributed by atoms with Gasteiger partial charge in [0.25, 0.3) is 5.69 Å². The van der Waals surface area contributed by atoms with Gasteiger partial charge in [-0.05, 0) is 25.0 Å². The summed E-state index contributed by atoms with van der Waals surface area (Å²) >= 11 is 3.22. The van der Waals surface area contributed by atoms with E-state index in [0.717, 1.165) is 17.8 Å². The van der Waals surface area contributed by atoms with Gasteiger partial charge in [0.1, 0.15) is 5.75 Å². The average molecular weight is 310 g/mol. The molecule has 0 heterocycles. The molecule has 1 aromatic rings. The molecule has 0 aliphatic carbocycles. The van der Waals surface area contributed by atoms with Crippen molar-refractivity contribution < 1.29 is 18.4 Å². The Kier molecular flexibility index (Phi) is 5.27. The lowest BCUT2D eigenvalue weighted by molar-refractivity contribution is -0.385. The van der Waals surface area contributed by atoms with E-state index < -0.39 is 11.5 Å². The summed E-state index contributed by atoms with van der Waals surface area (Å²) in [5.74, 6) is -0.200. The number of benzene rings is 1. The minimum atomic E-state index is -2.98. The van der Waals surface area contributed by atoms with Crippen LogP contribution in [0.4, 0.5) is 14.5 Å². The summed E-state index contributed by atoms with van der Waals surface area (Å²) in [7, 11) is 0. The molecule has 0 N–H and O–H groups in total. The van der Waals surface area contributed by atoms with Crippen LogP contribution in [0.25, 0.3) is 0 Å². The number of nitrogens with zero attached hydrogens (tertiary/aromatic N) is 1. The van der Waals surface area contributed by atoms with Crippen molar-refractivity contribution in [1.82, 2.24) is 0 Å². The maximum Gasteiger partial charge on any atom is 0.387 e. The standard InChI is InChI=1S/C10H10BrF2NO3/c11-5-1-2-7-3-4-8(17-10(12)13)6-9(7)14(15)16/h3-4,6,10H,1-2,5H2. The number of aryl methyl sites for hydroxylation is 1. The van der Waals surface area contributed by atoms with Crippen LogP contribution in [0.5, 0.6) is 5.75 Å². The number of alkyl halides is 3. The molecule has 1 aromatic carbocycles. The van der Waals surface area contributed by atoms with Gasteiger partial charge < -0.3 is 4.74 Å². The van der Waals surface area contributed by atoms with Gasteiger partial charge in [-0.1, -0.05) is 15.9 Å². The van der Waals surface area contributed by atoms with Crippen LogP contribution in [-0.4, -0.2) is 16.9 Å². The molecular formula is C10H10BrF2NO3. The number of rotatable bonds is 6. The Morgan fingerprint density at radius 2 is 2.18 bits per heavy atom. The summed E-state index contributed by atoms with van der Waals surface area (Å²) in [6.07, 6.45) is 1.24. The van der Waals surface area contributed by atoms with Crippen molar-refractivity contribution in [3.8, 4) is 5.75 Å². The lowest BCUT2D eigenvalue weighted by atomic mass is 10.1. The molecule has 7 heteroatoms. The fourth-order valence-electron chi connectivity index (χ4n) is 1.36. The molecule has 0 spiro atoms. The smallest absolute Gasteiger partial charge is 0.387 e. The topological polar surface area (TPSA) is 52.4 Å². The van der Waals surface area contributed by atoms with Gasteiger partial charge >= 0.3 is 6.61 Å². The zero-order valence-electron chi connectivity index (χ0n) is 8.74. The third kappa shape index (κ3) is 4.26. The van der Waals surface area contributed by atoms with Crippen molar-refractivity contribution in [3.63, 3.8) is 0 Å². The van der Waals surface area contributed by atoms with E-state index in [-0.39, 0.29) is 11.4 Å². The Bertz CT molecular complexity index is 401. The predicted octanol–water partition coefficient (Wildman–Crippen LogP) is 3.52. The molecule has 0 saturated heterocycles. The highest BCUT2D eigenvalue weighted by molar-refractivity contribution is 9.09. The first-order valence-corrected chi connectivity index (χ1v) is 5.95. The van der Waals surface area contributed by atoms with E-state index in [1.807, 2.05) is 0 Å². The van der Waals surface area contributed by atoms with E-state index in [4.69, 9.17) is 0 Å². The minimum absolute atomic E-state index is 0.191. The number of hydrogen-bond acceptors (Lipinski definition) is 3. The Morgan fingerprint density at radius 3 is 2.71 bits per heavy atom. The van der Waals surface area contributed by atoms with Gasteiger partial charge in [0.2, 0.25) is 0 Å². The highest BCUT2D eigenvalue weighted by Crippen LogP contribution is 2.26. The summed E-state index contributed by atoms with van der Waals surface area (Å²) in [4.78, 5) is 10.2. The number of nitro groups is 1. The Balaban J connectivity index is 2.95. The minimum Gasteiger partial charge on any atom is -0.435 e. The molecule has 0 bridgehead atoms. The summed E-state index contributed by atoms with van der Waals surface area (Å²) in [6.45, 7) is -2.98. The largest absolute Gasteiger partial charge is 0.435 e. The second-order valence-corrected chi connectivity index (χ2v) is 4.01. The fraction of sp³-hybridized carbons (Fsp3) is 0.400. The third-order valence-corrected chi connectivity index (χ3v) is 2.62. The van der Waals surface area contributed by atoms with Gasteiger partial charge in [-0.25, -0.2) is 0 Å². The predicted molar refractivity (Wildman–Crippen MR) is 61.8 cm³/mol. The van der Waals surface area contributed by atoms with Crippen LogP contribution in [0.2, 0.25) is 0 Å². The fourth-order valence-corrected chi connectivity index (χ4v) is 1.64. The molecule has 0 fully saturated rings. The zero-order chi connectivity index (χ0) is 12.8. The van der Waals surface area contributed by atoms with Crippen LogP contribution in [0.1, 0.15) is 12.0 Å². The van der Waals surface area contributed by atoms with Gasteiger partial charge in [-0.15, -0.1) is 0 Å². The monoisotopic (exact) mass is 309 g/mol. The molecular weight excluding hydrogens is 300 g/mol. The quantitative estimate of drug-likeness (QED) is 0.459. The normalized spacial score (nSPS) is 10.6. The molecule has 0 aliphatic heterocycles. The number of nitro benzene ring substituents is 1.